The molecule has 0 radical (unpaired) electrons. The SMILES string of the molecule is O=C(CCCN1C(=O)CNC1=O)Nc1nc2c(s1)CCCCCC2. The van der Waals surface area contributed by atoms with Gasteiger partial charge in [-0.1, -0.05) is 12.8 Å². The van der Waals surface area contributed by atoms with E-state index in [0.717, 1.165) is 29.9 Å². The number of nitrogens with one attached hydrogen (secondary N) is 2. The first-order valence-electron chi connectivity index (χ1n) is 8.50. The minimum atomic E-state index is -0.375. The summed E-state index contributed by atoms with van der Waals surface area (Å²) in [7, 11) is 0. The highest BCUT2D eigenvalue weighted by Gasteiger charge is 2.27. The van der Waals surface area contributed by atoms with E-state index in [9.17, 15) is 14.4 Å². The van der Waals surface area contributed by atoms with Crippen LogP contribution in [-0.4, -0.2) is 40.8 Å². The molecule has 0 unspecified atom stereocenters. The summed E-state index contributed by atoms with van der Waals surface area (Å²) in [6.45, 7) is 0.322. The molecule has 0 atom stereocenters. The lowest BCUT2D eigenvalue weighted by atomic mass is 10.0. The second kappa shape index (κ2) is 7.74. The first-order chi connectivity index (χ1) is 11.6. The Morgan fingerprint density at radius 2 is 2.00 bits per heavy atom. The number of carbonyl (C=O) groups excluding carboxylic acids is 3. The number of anilines is 1. The average Bonchev–Trinajstić information content (AvgIpc) is 3.04. The molecular weight excluding hydrogens is 328 g/mol. The number of rotatable bonds is 5. The summed E-state index contributed by atoms with van der Waals surface area (Å²) in [5.74, 6) is -0.357. The molecule has 1 saturated heterocycles. The zero-order chi connectivity index (χ0) is 16.9. The Kier molecular flexibility index (Phi) is 5.44. The van der Waals surface area contributed by atoms with Crippen LogP contribution in [0.2, 0.25) is 0 Å². The lowest BCUT2D eigenvalue weighted by molar-refractivity contribution is -0.125. The van der Waals surface area contributed by atoms with Crippen LogP contribution in [-0.2, 0) is 22.4 Å². The summed E-state index contributed by atoms with van der Waals surface area (Å²) in [5, 5.41) is 5.98. The Bertz CT molecular complexity index is 602. The van der Waals surface area contributed by atoms with Crippen molar-refractivity contribution >= 4 is 34.3 Å². The van der Waals surface area contributed by atoms with E-state index in [1.165, 1.54) is 24.1 Å². The van der Waals surface area contributed by atoms with Crippen molar-refractivity contribution in [3.63, 3.8) is 0 Å². The highest BCUT2D eigenvalue weighted by Crippen LogP contribution is 2.28. The highest BCUT2D eigenvalue weighted by atomic mass is 32.1. The molecule has 2 N–H and O–H groups in total. The third kappa shape index (κ3) is 4.11. The van der Waals surface area contributed by atoms with E-state index in [1.807, 2.05) is 0 Å². The summed E-state index contributed by atoms with van der Waals surface area (Å²) in [5.41, 5.74) is 1.13. The van der Waals surface area contributed by atoms with Crippen LogP contribution in [0.25, 0.3) is 0 Å². The number of nitrogens with zero attached hydrogens (tertiary/aromatic N) is 2. The summed E-state index contributed by atoms with van der Waals surface area (Å²) in [6.07, 6.45) is 7.63. The standard InChI is InChI=1S/C16H22N4O3S/c21-13(8-5-9-20-14(22)10-17-16(20)23)19-15-18-11-6-3-1-2-4-7-12(11)24-15/h1-10H2,(H,17,23)(H,18,19,21). The average molecular weight is 350 g/mol. The predicted molar refractivity (Wildman–Crippen MR) is 91.0 cm³/mol. The molecule has 1 aliphatic carbocycles. The fraction of sp³-hybridized carbons (Fsp3) is 0.625. The molecule has 3 rings (SSSR count). The maximum atomic E-state index is 12.0. The number of amides is 4. The fourth-order valence-electron chi connectivity index (χ4n) is 3.02. The Balaban J connectivity index is 1.47. The zero-order valence-corrected chi connectivity index (χ0v) is 14.4. The first kappa shape index (κ1) is 16.9. The summed E-state index contributed by atoms with van der Waals surface area (Å²) in [4.78, 5) is 41.9. The number of carbonyl (C=O) groups is 3. The van der Waals surface area contributed by atoms with Gasteiger partial charge in [-0.25, -0.2) is 9.78 Å². The lowest BCUT2D eigenvalue weighted by Crippen LogP contribution is -2.32. The van der Waals surface area contributed by atoms with Crippen LogP contribution in [0.1, 0.15) is 49.1 Å². The highest BCUT2D eigenvalue weighted by molar-refractivity contribution is 7.15. The lowest BCUT2D eigenvalue weighted by Gasteiger charge is -2.11. The Morgan fingerprint density at radius 3 is 2.75 bits per heavy atom. The number of hydrogen-bond donors (Lipinski definition) is 2. The van der Waals surface area contributed by atoms with Crippen molar-refractivity contribution in [1.29, 1.82) is 0 Å². The quantitative estimate of drug-likeness (QED) is 0.795. The second-order valence-electron chi connectivity index (χ2n) is 6.16. The van der Waals surface area contributed by atoms with Crippen molar-refractivity contribution in [2.45, 2.75) is 51.4 Å². The molecule has 8 heteroatoms. The van der Waals surface area contributed by atoms with E-state index in [2.05, 4.69) is 15.6 Å². The number of aromatic nitrogens is 1. The normalized spacial score (nSPS) is 17.9. The zero-order valence-electron chi connectivity index (χ0n) is 13.6. The Labute approximate surface area is 144 Å². The maximum absolute atomic E-state index is 12.0. The monoisotopic (exact) mass is 350 g/mol. The minimum absolute atomic E-state index is 0.0513. The van der Waals surface area contributed by atoms with Gasteiger partial charge >= 0.3 is 6.03 Å². The van der Waals surface area contributed by atoms with Crippen LogP contribution in [0.15, 0.2) is 0 Å². The summed E-state index contributed by atoms with van der Waals surface area (Å²) >= 11 is 1.57. The largest absolute Gasteiger partial charge is 0.329 e. The van der Waals surface area contributed by atoms with Gasteiger partial charge in [0.05, 0.1) is 12.2 Å². The van der Waals surface area contributed by atoms with Crippen molar-refractivity contribution in [2.75, 3.05) is 18.4 Å². The van der Waals surface area contributed by atoms with Crippen LogP contribution < -0.4 is 10.6 Å². The van der Waals surface area contributed by atoms with Crippen LogP contribution in [0.3, 0.4) is 0 Å². The van der Waals surface area contributed by atoms with E-state index >= 15 is 0 Å². The summed E-state index contributed by atoms with van der Waals surface area (Å²) in [6, 6.07) is -0.375. The van der Waals surface area contributed by atoms with Crippen LogP contribution >= 0.6 is 11.3 Å². The number of fused-ring (bicyclic) bond motifs is 1. The predicted octanol–water partition coefficient (Wildman–Crippen LogP) is 2.07. The van der Waals surface area contributed by atoms with Gasteiger partial charge in [0.1, 0.15) is 0 Å². The van der Waals surface area contributed by atoms with Crippen LogP contribution in [0.5, 0.6) is 0 Å². The molecule has 24 heavy (non-hydrogen) atoms. The van der Waals surface area contributed by atoms with Crippen LogP contribution in [0, 0.1) is 0 Å². The number of urea groups is 1. The molecule has 0 spiro atoms. The molecule has 1 aliphatic heterocycles. The molecule has 7 nitrogen and oxygen atoms in total. The van der Waals surface area contributed by atoms with Crippen molar-refractivity contribution < 1.29 is 14.4 Å². The van der Waals surface area contributed by atoms with Crippen molar-refractivity contribution in [3.05, 3.63) is 10.6 Å². The number of hydrogen-bond acceptors (Lipinski definition) is 5. The Morgan fingerprint density at radius 1 is 1.21 bits per heavy atom. The minimum Gasteiger partial charge on any atom is -0.329 e. The van der Waals surface area contributed by atoms with Gasteiger partial charge in [-0.05, 0) is 32.1 Å². The van der Waals surface area contributed by atoms with Gasteiger partial charge < -0.3 is 10.6 Å². The molecule has 0 bridgehead atoms. The van der Waals surface area contributed by atoms with Gasteiger partial charge in [0.2, 0.25) is 11.8 Å². The van der Waals surface area contributed by atoms with Crippen molar-refractivity contribution in [3.8, 4) is 0 Å². The molecule has 0 aromatic carbocycles. The van der Waals surface area contributed by atoms with Crippen molar-refractivity contribution in [2.24, 2.45) is 0 Å². The molecule has 2 heterocycles. The van der Waals surface area contributed by atoms with E-state index in [1.54, 1.807) is 11.3 Å². The fourth-order valence-corrected chi connectivity index (χ4v) is 4.09. The second-order valence-corrected chi connectivity index (χ2v) is 7.24. The number of thiazole rings is 1. The Hall–Kier alpha value is -1.96. The molecular formula is C16H22N4O3S. The van der Waals surface area contributed by atoms with Gasteiger partial charge in [-0.3, -0.25) is 14.5 Å². The van der Waals surface area contributed by atoms with Gasteiger partial charge in [0.25, 0.3) is 0 Å². The molecule has 130 valence electrons. The number of imide groups is 1. The van der Waals surface area contributed by atoms with E-state index < -0.39 is 0 Å². The topological polar surface area (TPSA) is 91.4 Å². The van der Waals surface area contributed by atoms with E-state index in [0.29, 0.717) is 11.6 Å². The first-order valence-corrected chi connectivity index (χ1v) is 9.32. The molecule has 1 aromatic heterocycles. The van der Waals surface area contributed by atoms with Gasteiger partial charge in [0, 0.05) is 17.8 Å². The van der Waals surface area contributed by atoms with Gasteiger partial charge in [-0.15, -0.1) is 11.3 Å². The smallest absolute Gasteiger partial charge is 0.324 e. The van der Waals surface area contributed by atoms with E-state index in [-0.39, 0.29) is 37.4 Å². The third-order valence-corrected chi connectivity index (χ3v) is 5.39. The third-order valence-electron chi connectivity index (χ3n) is 4.31. The van der Waals surface area contributed by atoms with Crippen LogP contribution in [0.4, 0.5) is 9.93 Å². The molecule has 4 amide bonds. The van der Waals surface area contributed by atoms with Gasteiger partial charge in [0.15, 0.2) is 5.13 Å². The number of aryl methyl sites for hydroxylation is 2. The van der Waals surface area contributed by atoms with E-state index in [4.69, 9.17) is 0 Å². The molecule has 1 fully saturated rings. The summed E-state index contributed by atoms with van der Waals surface area (Å²) < 4.78 is 0. The molecule has 1 aromatic rings. The molecule has 2 aliphatic rings. The van der Waals surface area contributed by atoms with Crippen molar-refractivity contribution in [1.82, 2.24) is 15.2 Å². The van der Waals surface area contributed by atoms with Gasteiger partial charge in [-0.2, -0.15) is 0 Å². The molecule has 0 saturated carbocycles. The maximum Gasteiger partial charge on any atom is 0.324 e.